The first-order chi connectivity index (χ1) is 17.6. The standard InChI is InChI=1S/C26H29N5O4S/c32-20-14-15(10-12-27-20)29-24(33)23-22-21-19(11-13-28-25(21)36-23)31(26(34)30-22)16-6-8-18(9-7-16)35-17-4-2-1-3-5-17/h1-9,15,19-21,25,27-28,32H,10-14H2,(H,29,33)(H,30,34)/t15-,19?,20+,21?,25?/m0/s1. The van der Waals surface area contributed by atoms with E-state index in [4.69, 9.17) is 4.74 Å². The third-order valence-electron chi connectivity index (χ3n) is 7.16. The maximum atomic E-state index is 13.4. The summed E-state index contributed by atoms with van der Waals surface area (Å²) in [4.78, 5) is 29.0. The van der Waals surface area contributed by atoms with E-state index in [1.54, 1.807) is 0 Å². The Morgan fingerprint density at radius 1 is 1.03 bits per heavy atom. The first kappa shape index (κ1) is 23.4. The highest BCUT2D eigenvalue weighted by Gasteiger charge is 2.51. The second kappa shape index (κ2) is 9.78. The molecule has 5 N–H and O–H groups in total. The van der Waals surface area contributed by atoms with Gasteiger partial charge in [-0.3, -0.25) is 15.0 Å². The maximum absolute atomic E-state index is 13.4. The van der Waals surface area contributed by atoms with Crippen LogP contribution >= 0.6 is 11.8 Å². The lowest BCUT2D eigenvalue weighted by molar-refractivity contribution is -0.118. The molecule has 0 radical (unpaired) electrons. The third-order valence-corrected chi connectivity index (χ3v) is 8.51. The van der Waals surface area contributed by atoms with E-state index in [2.05, 4.69) is 21.3 Å². The molecule has 36 heavy (non-hydrogen) atoms. The van der Waals surface area contributed by atoms with Gasteiger partial charge in [0.2, 0.25) is 0 Å². The fraction of sp³-hybridized carbons (Fsp3) is 0.385. The van der Waals surface area contributed by atoms with Gasteiger partial charge in [-0.05, 0) is 62.3 Å². The minimum absolute atomic E-state index is 0.0129. The number of piperidine rings is 2. The molecular formula is C26H29N5O4S. The van der Waals surface area contributed by atoms with Crippen LogP contribution in [0, 0.1) is 5.92 Å². The van der Waals surface area contributed by atoms with Gasteiger partial charge in [-0.25, -0.2) is 4.79 Å². The number of anilines is 1. The molecule has 0 bridgehead atoms. The molecule has 9 nitrogen and oxygen atoms in total. The number of nitrogens with one attached hydrogen (secondary N) is 4. The molecule has 4 heterocycles. The number of thioether (sulfide) groups is 1. The van der Waals surface area contributed by atoms with Gasteiger partial charge in [-0.1, -0.05) is 30.0 Å². The average molecular weight is 508 g/mol. The molecule has 0 aromatic heterocycles. The lowest BCUT2D eigenvalue weighted by Gasteiger charge is -2.45. The lowest BCUT2D eigenvalue weighted by Crippen LogP contribution is -2.62. The summed E-state index contributed by atoms with van der Waals surface area (Å²) in [7, 11) is 0. The molecule has 2 aromatic carbocycles. The molecular weight excluding hydrogens is 478 g/mol. The number of para-hydroxylation sites is 1. The number of hydrogen-bond donors (Lipinski definition) is 5. The van der Waals surface area contributed by atoms with Crippen LogP contribution in [0.25, 0.3) is 0 Å². The van der Waals surface area contributed by atoms with Crippen LogP contribution in [0.5, 0.6) is 11.5 Å². The van der Waals surface area contributed by atoms with E-state index < -0.39 is 6.23 Å². The summed E-state index contributed by atoms with van der Waals surface area (Å²) in [5.41, 5.74) is 1.50. The number of amides is 3. The van der Waals surface area contributed by atoms with Gasteiger partial charge >= 0.3 is 6.03 Å². The molecule has 0 saturated carbocycles. The van der Waals surface area contributed by atoms with E-state index >= 15 is 0 Å². The van der Waals surface area contributed by atoms with Crippen molar-refractivity contribution < 1.29 is 19.4 Å². The Labute approximate surface area is 213 Å². The van der Waals surface area contributed by atoms with Crippen LogP contribution in [0.15, 0.2) is 65.2 Å². The van der Waals surface area contributed by atoms with E-state index in [-0.39, 0.29) is 35.3 Å². The van der Waals surface area contributed by atoms with Crippen molar-refractivity contribution in [2.75, 3.05) is 18.0 Å². The molecule has 5 atom stereocenters. The predicted octanol–water partition coefficient (Wildman–Crippen LogP) is 2.46. The Bertz CT molecular complexity index is 1170. The highest BCUT2D eigenvalue weighted by molar-refractivity contribution is 8.04. The Morgan fingerprint density at radius 2 is 1.78 bits per heavy atom. The van der Waals surface area contributed by atoms with Crippen molar-refractivity contribution in [3.8, 4) is 11.5 Å². The van der Waals surface area contributed by atoms with Crippen molar-refractivity contribution in [1.29, 1.82) is 0 Å². The van der Waals surface area contributed by atoms with E-state index in [1.807, 2.05) is 59.5 Å². The number of hydrogen-bond acceptors (Lipinski definition) is 7. The van der Waals surface area contributed by atoms with Gasteiger partial charge in [0, 0.05) is 29.8 Å². The van der Waals surface area contributed by atoms with Gasteiger partial charge in [0.1, 0.15) is 17.7 Å². The number of nitrogens with zero attached hydrogens (tertiary/aromatic N) is 1. The highest BCUT2D eigenvalue weighted by Crippen LogP contribution is 2.48. The van der Waals surface area contributed by atoms with Gasteiger partial charge in [-0.2, -0.15) is 0 Å². The van der Waals surface area contributed by atoms with Gasteiger partial charge in [-0.15, -0.1) is 0 Å². The summed E-state index contributed by atoms with van der Waals surface area (Å²) in [6.07, 6.45) is 1.40. The van der Waals surface area contributed by atoms with E-state index in [0.29, 0.717) is 29.3 Å². The largest absolute Gasteiger partial charge is 0.457 e. The fourth-order valence-corrected chi connectivity index (χ4v) is 6.90. The Kier molecular flexibility index (Phi) is 6.34. The third kappa shape index (κ3) is 4.45. The molecule has 0 spiro atoms. The number of carbonyl (C=O) groups is 2. The summed E-state index contributed by atoms with van der Waals surface area (Å²) in [6, 6.07) is 16.7. The first-order valence-corrected chi connectivity index (χ1v) is 13.2. The zero-order chi connectivity index (χ0) is 24.6. The summed E-state index contributed by atoms with van der Waals surface area (Å²) in [6.45, 7) is 1.42. The SMILES string of the molecule is O=C(N[C@H]1CCN[C@H](O)C1)C1=C2NC(=O)N(c3ccc(Oc4ccccc4)cc3)C3CCNC(S1)C23. The van der Waals surface area contributed by atoms with Crippen molar-refractivity contribution in [2.45, 2.75) is 42.9 Å². The molecule has 3 saturated heterocycles. The quantitative estimate of drug-likeness (QED) is 0.422. The number of aliphatic hydroxyl groups excluding tert-OH is 1. The zero-order valence-corrected chi connectivity index (χ0v) is 20.5. The topological polar surface area (TPSA) is 115 Å². The molecule has 3 fully saturated rings. The van der Waals surface area contributed by atoms with Crippen molar-refractivity contribution in [3.05, 3.63) is 65.2 Å². The summed E-state index contributed by atoms with van der Waals surface area (Å²) in [5, 5.41) is 22.5. The number of urea groups is 1. The van der Waals surface area contributed by atoms with Crippen molar-refractivity contribution in [1.82, 2.24) is 21.3 Å². The molecule has 2 aromatic rings. The number of benzene rings is 2. The Balaban J connectivity index is 1.22. The monoisotopic (exact) mass is 507 g/mol. The predicted molar refractivity (Wildman–Crippen MR) is 137 cm³/mol. The smallest absolute Gasteiger partial charge is 0.326 e. The molecule has 3 unspecified atom stereocenters. The molecule has 3 amide bonds. The average Bonchev–Trinajstić information content (AvgIpc) is 3.25. The highest BCUT2D eigenvalue weighted by atomic mass is 32.2. The van der Waals surface area contributed by atoms with E-state index in [0.717, 1.165) is 30.8 Å². The summed E-state index contributed by atoms with van der Waals surface area (Å²) in [5.74, 6) is 1.26. The lowest BCUT2D eigenvalue weighted by atomic mass is 9.86. The van der Waals surface area contributed by atoms with Crippen molar-refractivity contribution >= 4 is 29.4 Å². The van der Waals surface area contributed by atoms with E-state index in [1.165, 1.54) is 11.8 Å². The molecule has 188 valence electrons. The number of rotatable bonds is 5. The van der Waals surface area contributed by atoms with Gasteiger partial charge in [0.25, 0.3) is 5.91 Å². The van der Waals surface area contributed by atoms with Gasteiger partial charge in [0.15, 0.2) is 0 Å². The molecule has 4 aliphatic heterocycles. The zero-order valence-electron chi connectivity index (χ0n) is 19.6. The summed E-state index contributed by atoms with van der Waals surface area (Å²) < 4.78 is 5.90. The van der Waals surface area contributed by atoms with Crippen LogP contribution < -0.4 is 30.9 Å². The van der Waals surface area contributed by atoms with E-state index in [9.17, 15) is 14.7 Å². The molecule has 0 aliphatic carbocycles. The van der Waals surface area contributed by atoms with Crippen LogP contribution in [0.4, 0.5) is 10.5 Å². The van der Waals surface area contributed by atoms with Gasteiger partial charge < -0.3 is 25.8 Å². The molecule has 4 aliphatic rings. The second-order valence-electron chi connectivity index (χ2n) is 9.49. The van der Waals surface area contributed by atoms with Crippen LogP contribution in [-0.2, 0) is 4.79 Å². The molecule has 6 rings (SSSR count). The summed E-state index contributed by atoms with van der Waals surface area (Å²) >= 11 is 1.49. The normalized spacial score (nSPS) is 29.4. The number of carbonyl (C=O) groups excluding carboxylic acids is 2. The Hall–Kier alpha value is -3.05. The minimum Gasteiger partial charge on any atom is -0.457 e. The first-order valence-electron chi connectivity index (χ1n) is 12.4. The van der Waals surface area contributed by atoms with Crippen LogP contribution in [0.2, 0.25) is 0 Å². The second-order valence-corrected chi connectivity index (χ2v) is 10.6. The maximum Gasteiger partial charge on any atom is 0.326 e. The fourth-order valence-electron chi connectivity index (χ4n) is 5.50. The van der Waals surface area contributed by atoms with Crippen molar-refractivity contribution in [3.63, 3.8) is 0 Å². The minimum atomic E-state index is -0.612. The van der Waals surface area contributed by atoms with Crippen LogP contribution in [0.1, 0.15) is 19.3 Å². The van der Waals surface area contributed by atoms with Crippen LogP contribution in [0.3, 0.4) is 0 Å². The van der Waals surface area contributed by atoms with Gasteiger partial charge in [0.05, 0.1) is 16.3 Å². The number of ether oxygens (including phenoxy) is 1. The van der Waals surface area contributed by atoms with Crippen LogP contribution in [-0.4, -0.2) is 53.8 Å². The molecule has 10 heteroatoms. The van der Waals surface area contributed by atoms with Crippen molar-refractivity contribution in [2.24, 2.45) is 5.92 Å². The Morgan fingerprint density at radius 3 is 2.56 bits per heavy atom. The number of aliphatic hydroxyl groups is 1.